The van der Waals surface area contributed by atoms with Gasteiger partial charge in [0.2, 0.25) is 5.91 Å². The van der Waals surface area contributed by atoms with Gasteiger partial charge in [-0.25, -0.2) is 0 Å². The van der Waals surface area contributed by atoms with Gasteiger partial charge in [0.05, 0.1) is 0 Å². The predicted octanol–water partition coefficient (Wildman–Crippen LogP) is -0.950. The van der Waals surface area contributed by atoms with Crippen LogP contribution in [0.25, 0.3) is 0 Å². The van der Waals surface area contributed by atoms with Gasteiger partial charge < -0.3 is 16.2 Å². The molecule has 0 aliphatic heterocycles. The van der Waals surface area contributed by atoms with Gasteiger partial charge in [-0.2, -0.15) is 0 Å². The summed E-state index contributed by atoms with van der Waals surface area (Å²) in [4.78, 5) is 20.3. The normalized spacial score (nSPS) is 10.8. The lowest BCUT2D eigenvalue weighted by atomic mass is 10.3. The lowest BCUT2D eigenvalue weighted by Gasteiger charge is -1.96. The minimum absolute atomic E-state index is 0.218. The molecule has 0 aliphatic carbocycles. The molecule has 0 aromatic carbocycles. The minimum atomic E-state index is -0.987. The third-order valence-electron chi connectivity index (χ3n) is 0.961. The summed E-state index contributed by atoms with van der Waals surface area (Å²) in [6.45, 7) is 1.28. The fourth-order valence-electron chi connectivity index (χ4n) is 0.363. The Morgan fingerprint density at radius 3 is 2.55 bits per heavy atom. The van der Waals surface area contributed by atoms with Crippen LogP contribution in [-0.2, 0) is 9.59 Å². The predicted molar refractivity (Wildman–Crippen MR) is 38.6 cm³/mol. The SMILES string of the molecule is C/C(=C/NCC(=O)O)C(N)=O. The van der Waals surface area contributed by atoms with Crippen LogP contribution in [0.5, 0.6) is 0 Å². The monoisotopic (exact) mass is 158 g/mol. The molecule has 0 fully saturated rings. The zero-order chi connectivity index (χ0) is 8.85. The Hall–Kier alpha value is -1.52. The largest absolute Gasteiger partial charge is 0.480 e. The number of carboxylic acid groups (broad SMARTS) is 1. The summed E-state index contributed by atoms with van der Waals surface area (Å²) in [5.41, 5.74) is 5.16. The highest BCUT2D eigenvalue weighted by Gasteiger charge is 1.96. The standard InChI is InChI=1S/C6H10N2O3/c1-4(6(7)11)2-8-3-5(9)10/h2,8H,3H2,1H3,(H2,7,11)(H,9,10)/b4-2-. The summed E-state index contributed by atoms with van der Waals surface area (Å²) in [6.07, 6.45) is 1.27. The second-order valence-electron chi connectivity index (χ2n) is 1.97. The Morgan fingerprint density at radius 1 is 1.64 bits per heavy atom. The Labute approximate surface area is 63.9 Å². The first-order valence-corrected chi connectivity index (χ1v) is 2.95. The van der Waals surface area contributed by atoms with Gasteiger partial charge in [-0.1, -0.05) is 0 Å². The molecule has 0 rings (SSSR count). The maximum Gasteiger partial charge on any atom is 0.322 e. The molecule has 4 N–H and O–H groups in total. The van der Waals surface area contributed by atoms with E-state index in [1.165, 1.54) is 13.1 Å². The van der Waals surface area contributed by atoms with Crippen molar-refractivity contribution in [2.45, 2.75) is 6.92 Å². The average molecular weight is 158 g/mol. The topological polar surface area (TPSA) is 92.4 Å². The molecular weight excluding hydrogens is 148 g/mol. The molecule has 62 valence electrons. The highest BCUT2D eigenvalue weighted by atomic mass is 16.4. The van der Waals surface area contributed by atoms with Crippen LogP contribution in [0.2, 0.25) is 0 Å². The van der Waals surface area contributed by atoms with E-state index in [1.807, 2.05) is 0 Å². The number of nitrogens with two attached hydrogens (primary N) is 1. The molecule has 0 spiro atoms. The summed E-state index contributed by atoms with van der Waals surface area (Å²) in [5.74, 6) is -1.55. The van der Waals surface area contributed by atoms with E-state index in [-0.39, 0.29) is 6.54 Å². The molecule has 0 saturated carbocycles. The van der Waals surface area contributed by atoms with E-state index < -0.39 is 11.9 Å². The van der Waals surface area contributed by atoms with E-state index in [0.29, 0.717) is 5.57 Å². The number of amides is 1. The number of carbonyl (C=O) groups excluding carboxylic acids is 1. The van der Waals surface area contributed by atoms with Gasteiger partial charge in [0.15, 0.2) is 0 Å². The first-order chi connectivity index (χ1) is 5.04. The van der Waals surface area contributed by atoms with Gasteiger partial charge in [0.25, 0.3) is 0 Å². The molecule has 0 heterocycles. The number of primary amides is 1. The van der Waals surface area contributed by atoms with Crippen molar-refractivity contribution < 1.29 is 14.7 Å². The number of rotatable bonds is 4. The summed E-state index contributed by atoms with van der Waals surface area (Å²) >= 11 is 0. The highest BCUT2D eigenvalue weighted by Crippen LogP contribution is 1.85. The second kappa shape index (κ2) is 4.32. The van der Waals surface area contributed by atoms with E-state index in [9.17, 15) is 9.59 Å². The smallest absolute Gasteiger partial charge is 0.322 e. The molecule has 0 unspecified atom stereocenters. The van der Waals surface area contributed by atoms with E-state index in [1.54, 1.807) is 0 Å². The van der Waals surface area contributed by atoms with Crippen molar-refractivity contribution in [3.63, 3.8) is 0 Å². The molecule has 0 aromatic rings. The molecule has 0 atom stereocenters. The molecule has 5 heteroatoms. The van der Waals surface area contributed by atoms with Gasteiger partial charge in [-0.05, 0) is 6.92 Å². The fourth-order valence-corrected chi connectivity index (χ4v) is 0.363. The minimum Gasteiger partial charge on any atom is -0.480 e. The maximum atomic E-state index is 10.3. The molecular formula is C6H10N2O3. The molecule has 0 aliphatic rings. The Balaban J connectivity index is 3.74. The molecule has 0 bridgehead atoms. The number of hydrogen-bond donors (Lipinski definition) is 3. The van der Waals surface area contributed by atoms with Crippen LogP contribution >= 0.6 is 0 Å². The first kappa shape index (κ1) is 9.48. The highest BCUT2D eigenvalue weighted by molar-refractivity contribution is 5.91. The molecule has 11 heavy (non-hydrogen) atoms. The van der Waals surface area contributed by atoms with Crippen molar-refractivity contribution in [3.8, 4) is 0 Å². The summed E-state index contributed by atoms with van der Waals surface area (Å²) in [5, 5.41) is 10.6. The second-order valence-corrected chi connectivity index (χ2v) is 1.97. The molecule has 0 aromatic heterocycles. The van der Waals surface area contributed by atoms with Crippen molar-refractivity contribution in [1.29, 1.82) is 0 Å². The van der Waals surface area contributed by atoms with Crippen LogP contribution in [0, 0.1) is 0 Å². The number of nitrogens with one attached hydrogen (secondary N) is 1. The van der Waals surface area contributed by atoms with E-state index >= 15 is 0 Å². The van der Waals surface area contributed by atoms with E-state index in [4.69, 9.17) is 10.8 Å². The average Bonchev–Trinajstić information content (AvgIpc) is 1.86. The van der Waals surface area contributed by atoms with Crippen molar-refractivity contribution in [1.82, 2.24) is 5.32 Å². The zero-order valence-electron chi connectivity index (χ0n) is 6.13. The fraction of sp³-hybridized carbons (Fsp3) is 0.333. The third kappa shape index (κ3) is 4.95. The van der Waals surface area contributed by atoms with E-state index in [2.05, 4.69) is 5.32 Å². The van der Waals surface area contributed by atoms with Gasteiger partial charge in [0.1, 0.15) is 6.54 Å². The number of carboxylic acids is 1. The quantitative estimate of drug-likeness (QED) is 0.460. The Morgan fingerprint density at radius 2 is 2.18 bits per heavy atom. The summed E-state index contributed by atoms with van der Waals surface area (Å²) < 4.78 is 0. The molecule has 5 nitrogen and oxygen atoms in total. The van der Waals surface area contributed by atoms with Crippen LogP contribution in [0.4, 0.5) is 0 Å². The third-order valence-corrected chi connectivity index (χ3v) is 0.961. The van der Waals surface area contributed by atoms with Crippen molar-refractivity contribution in [2.75, 3.05) is 6.54 Å². The Kier molecular flexibility index (Phi) is 3.72. The van der Waals surface area contributed by atoms with E-state index in [0.717, 1.165) is 0 Å². The molecule has 0 saturated heterocycles. The Bertz CT molecular complexity index is 198. The van der Waals surface area contributed by atoms with Gasteiger partial charge >= 0.3 is 5.97 Å². The maximum absolute atomic E-state index is 10.3. The van der Waals surface area contributed by atoms with Crippen molar-refractivity contribution >= 4 is 11.9 Å². The van der Waals surface area contributed by atoms with Crippen LogP contribution < -0.4 is 11.1 Å². The lowest BCUT2D eigenvalue weighted by Crippen LogP contribution is -2.20. The van der Waals surface area contributed by atoms with Gasteiger partial charge in [0, 0.05) is 11.8 Å². The summed E-state index contributed by atoms with van der Waals surface area (Å²) in [6, 6.07) is 0. The van der Waals surface area contributed by atoms with Crippen molar-refractivity contribution in [3.05, 3.63) is 11.8 Å². The van der Waals surface area contributed by atoms with Crippen LogP contribution in [0.3, 0.4) is 0 Å². The number of hydrogen-bond acceptors (Lipinski definition) is 3. The van der Waals surface area contributed by atoms with Crippen LogP contribution in [0.15, 0.2) is 11.8 Å². The number of carbonyl (C=O) groups is 2. The first-order valence-electron chi connectivity index (χ1n) is 2.95. The van der Waals surface area contributed by atoms with Gasteiger partial charge in [-0.3, -0.25) is 9.59 Å². The summed E-state index contributed by atoms with van der Waals surface area (Å²) in [7, 11) is 0. The van der Waals surface area contributed by atoms with Crippen LogP contribution in [0.1, 0.15) is 6.92 Å². The van der Waals surface area contributed by atoms with Crippen molar-refractivity contribution in [2.24, 2.45) is 5.73 Å². The van der Waals surface area contributed by atoms with Gasteiger partial charge in [-0.15, -0.1) is 0 Å². The molecule has 0 radical (unpaired) electrons. The van der Waals surface area contributed by atoms with Crippen LogP contribution in [-0.4, -0.2) is 23.5 Å². The molecule has 1 amide bonds. The zero-order valence-corrected chi connectivity index (χ0v) is 6.13. The number of aliphatic carboxylic acids is 1. The lowest BCUT2D eigenvalue weighted by molar-refractivity contribution is -0.135.